The van der Waals surface area contributed by atoms with Gasteiger partial charge in [-0.1, -0.05) is 48.6 Å². The number of fused-ring (bicyclic) bond motifs is 9. The van der Waals surface area contributed by atoms with Crippen LogP contribution < -0.4 is 0 Å². The van der Waals surface area contributed by atoms with Crippen molar-refractivity contribution in [3.05, 3.63) is 132 Å². The van der Waals surface area contributed by atoms with E-state index in [9.17, 15) is 10.5 Å². The number of furan rings is 1. The van der Waals surface area contributed by atoms with Gasteiger partial charge in [-0.25, -0.2) is 0 Å². The number of rotatable bonds is 2. The molecule has 1 atom stereocenters. The second-order valence-electron chi connectivity index (χ2n) is 11.1. The highest BCUT2D eigenvalue weighted by molar-refractivity contribution is 6.10. The molecule has 200 valence electrons. The summed E-state index contributed by atoms with van der Waals surface area (Å²) in [6, 6.07) is 39.6. The SMILES string of the molecule is N#Cc1ccc2c(c1)c1ccccc1n2-c1ccc2oc3c(c2c1)C=CCC3n1c2ccccc2c2cc(C#N)ccc21. The van der Waals surface area contributed by atoms with Crippen molar-refractivity contribution in [2.45, 2.75) is 12.5 Å². The number of nitrogens with zero attached hydrogens (tertiary/aromatic N) is 4. The van der Waals surface area contributed by atoms with Gasteiger partial charge in [0, 0.05) is 49.2 Å². The van der Waals surface area contributed by atoms with Gasteiger partial charge in [0.2, 0.25) is 0 Å². The molecule has 0 N–H and O–H groups in total. The fourth-order valence-electron chi connectivity index (χ4n) is 7.06. The Kier molecular flexibility index (Phi) is 4.80. The Balaban J connectivity index is 1.27. The summed E-state index contributed by atoms with van der Waals surface area (Å²) in [4.78, 5) is 0. The van der Waals surface area contributed by atoms with Crippen LogP contribution in [0, 0.1) is 22.7 Å². The average Bonchev–Trinajstić information content (AvgIpc) is 3.71. The molecule has 0 amide bonds. The zero-order valence-corrected chi connectivity index (χ0v) is 23.0. The van der Waals surface area contributed by atoms with Crippen molar-refractivity contribution in [1.82, 2.24) is 9.13 Å². The van der Waals surface area contributed by atoms with Gasteiger partial charge in [0.05, 0.1) is 40.3 Å². The Bertz CT molecular complexity index is 2580. The van der Waals surface area contributed by atoms with Crippen LogP contribution in [0.3, 0.4) is 0 Å². The molecule has 9 rings (SSSR count). The number of hydrogen-bond donors (Lipinski definition) is 0. The molecule has 0 aliphatic heterocycles. The van der Waals surface area contributed by atoms with E-state index >= 15 is 0 Å². The number of para-hydroxylation sites is 2. The molecule has 0 bridgehead atoms. The maximum Gasteiger partial charge on any atom is 0.135 e. The van der Waals surface area contributed by atoms with Crippen LogP contribution in [0.25, 0.3) is 66.3 Å². The van der Waals surface area contributed by atoms with Gasteiger partial charge in [0.25, 0.3) is 0 Å². The standard InChI is InChI=1S/C38H22N4O/c39-21-23-12-15-34-29(18-23)26-6-1-3-9-32(26)41(34)25-14-17-37-31(20-25)28-8-5-11-36(38(28)43-37)42-33-10-4-2-7-27(33)30-19-24(22-40)13-16-35(30)42/h1-10,12-20,36H,11H2. The zero-order valence-electron chi connectivity index (χ0n) is 23.0. The fraction of sp³-hybridized carbons (Fsp3) is 0.0526. The Morgan fingerprint density at radius 1 is 0.628 bits per heavy atom. The molecular formula is C38H22N4O. The highest BCUT2D eigenvalue weighted by atomic mass is 16.3. The van der Waals surface area contributed by atoms with E-state index in [0.717, 1.165) is 78.0 Å². The first-order valence-electron chi connectivity index (χ1n) is 14.3. The normalized spacial score (nSPS) is 14.5. The van der Waals surface area contributed by atoms with Gasteiger partial charge in [0.15, 0.2) is 0 Å². The maximum absolute atomic E-state index is 9.57. The third-order valence-corrected chi connectivity index (χ3v) is 8.90. The molecule has 1 aliphatic rings. The van der Waals surface area contributed by atoms with E-state index in [0.29, 0.717) is 11.1 Å². The van der Waals surface area contributed by atoms with Crippen LogP contribution in [0.15, 0.2) is 114 Å². The number of hydrogen-bond acceptors (Lipinski definition) is 3. The summed E-state index contributed by atoms with van der Waals surface area (Å²) in [5, 5.41) is 24.6. The van der Waals surface area contributed by atoms with Crippen molar-refractivity contribution in [3.8, 4) is 17.8 Å². The minimum absolute atomic E-state index is 0.0242. The number of aromatic nitrogens is 2. The molecule has 0 spiro atoms. The molecule has 0 saturated heterocycles. The Morgan fingerprint density at radius 2 is 1.26 bits per heavy atom. The van der Waals surface area contributed by atoms with E-state index in [4.69, 9.17) is 4.42 Å². The summed E-state index contributed by atoms with van der Waals surface area (Å²) in [5.41, 5.74) is 8.68. The Hall–Kier alpha value is -6.04. The lowest BCUT2D eigenvalue weighted by Gasteiger charge is -2.21. The van der Waals surface area contributed by atoms with E-state index in [1.165, 1.54) is 0 Å². The molecule has 0 saturated carbocycles. The van der Waals surface area contributed by atoms with Crippen molar-refractivity contribution in [1.29, 1.82) is 10.5 Å². The number of nitriles is 2. The summed E-state index contributed by atoms with van der Waals surface area (Å²) in [7, 11) is 0. The van der Waals surface area contributed by atoms with Gasteiger partial charge >= 0.3 is 0 Å². The van der Waals surface area contributed by atoms with Crippen molar-refractivity contribution in [2.75, 3.05) is 0 Å². The van der Waals surface area contributed by atoms with Gasteiger partial charge < -0.3 is 13.6 Å². The summed E-state index contributed by atoms with van der Waals surface area (Å²) >= 11 is 0. The third-order valence-electron chi connectivity index (χ3n) is 8.90. The van der Waals surface area contributed by atoms with Crippen LogP contribution in [0.5, 0.6) is 0 Å². The zero-order chi connectivity index (χ0) is 28.7. The molecule has 0 fully saturated rings. The van der Waals surface area contributed by atoms with Gasteiger partial charge in [-0.2, -0.15) is 10.5 Å². The topological polar surface area (TPSA) is 70.6 Å². The molecule has 5 aromatic carbocycles. The van der Waals surface area contributed by atoms with Gasteiger partial charge in [-0.3, -0.25) is 0 Å². The van der Waals surface area contributed by atoms with Crippen LogP contribution in [-0.4, -0.2) is 9.13 Å². The first kappa shape index (κ1) is 23.6. The molecule has 1 aliphatic carbocycles. The monoisotopic (exact) mass is 550 g/mol. The molecule has 3 aromatic heterocycles. The average molecular weight is 551 g/mol. The summed E-state index contributed by atoms with van der Waals surface area (Å²) in [6.07, 6.45) is 5.23. The van der Waals surface area contributed by atoms with Crippen LogP contribution in [0.2, 0.25) is 0 Å². The Labute approximate surface area is 246 Å². The van der Waals surface area contributed by atoms with Crippen molar-refractivity contribution in [3.63, 3.8) is 0 Å². The minimum atomic E-state index is -0.0242. The lowest BCUT2D eigenvalue weighted by atomic mass is 9.97. The van der Waals surface area contributed by atoms with Gasteiger partial charge in [-0.05, 0) is 73.2 Å². The van der Waals surface area contributed by atoms with Crippen LogP contribution in [-0.2, 0) is 0 Å². The molecule has 0 radical (unpaired) electrons. The summed E-state index contributed by atoms with van der Waals surface area (Å²) in [6.45, 7) is 0. The lowest BCUT2D eigenvalue weighted by Crippen LogP contribution is -2.12. The molecule has 3 heterocycles. The highest BCUT2D eigenvalue weighted by Crippen LogP contribution is 2.43. The molecule has 5 heteroatoms. The van der Waals surface area contributed by atoms with E-state index < -0.39 is 0 Å². The molecular weight excluding hydrogens is 528 g/mol. The van der Waals surface area contributed by atoms with Gasteiger partial charge in [-0.15, -0.1) is 0 Å². The predicted molar refractivity (Wildman–Crippen MR) is 171 cm³/mol. The van der Waals surface area contributed by atoms with Crippen molar-refractivity contribution in [2.24, 2.45) is 0 Å². The largest absolute Gasteiger partial charge is 0.458 e. The van der Waals surface area contributed by atoms with Gasteiger partial charge in [0.1, 0.15) is 11.3 Å². The van der Waals surface area contributed by atoms with E-state index in [-0.39, 0.29) is 6.04 Å². The number of benzene rings is 5. The smallest absolute Gasteiger partial charge is 0.135 e. The second kappa shape index (κ2) is 8.73. The van der Waals surface area contributed by atoms with Crippen LogP contribution in [0.4, 0.5) is 0 Å². The quantitative estimate of drug-likeness (QED) is 0.215. The summed E-state index contributed by atoms with van der Waals surface area (Å²) in [5.74, 6) is 0.947. The minimum Gasteiger partial charge on any atom is -0.458 e. The first-order chi connectivity index (χ1) is 21.2. The fourth-order valence-corrected chi connectivity index (χ4v) is 7.06. The number of allylic oxidation sites excluding steroid dienone is 1. The van der Waals surface area contributed by atoms with E-state index in [1.807, 2.05) is 36.4 Å². The molecule has 43 heavy (non-hydrogen) atoms. The lowest BCUT2D eigenvalue weighted by molar-refractivity contribution is 0.461. The molecule has 5 nitrogen and oxygen atoms in total. The van der Waals surface area contributed by atoms with E-state index in [1.54, 1.807) is 0 Å². The van der Waals surface area contributed by atoms with Crippen LogP contribution in [0.1, 0.15) is 34.9 Å². The predicted octanol–water partition coefficient (Wildman–Crippen LogP) is 9.39. The van der Waals surface area contributed by atoms with E-state index in [2.05, 4.69) is 100 Å². The van der Waals surface area contributed by atoms with Crippen LogP contribution >= 0.6 is 0 Å². The highest BCUT2D eigenvalue weighted by Gasteiger charge is 2.28. The second-order valence-corrected chi connectivity index (χ2v) is 11.1. The first-order valence-corrected chi connectivity index (χ1v) is 14.3. The molecule has 1 unspecified atom stereocenters. The van der Waals surface area contributed by atoms with Crippen molar-refractivity contribution >= 4 is 60.7 Å². The summed E-state index contributed by atoms with van der Waals surface area (Å²) < 4.78 is 11.3. The third kappa shape index (κ3) is 3.25. The maximum atomic E-state index is 9.57. The molecule has 8 aromatic rings. The van der Waals surface area contributed by atoms with Crippen molar-refractivity contribution < 1.29 is 4.42 Å². The Morgan fingerprint density at radius 3 is 2.02 bits per heavy atom.